The molecule has 1 amide bonds. The van der Waals surface area contributed by atoms with Crippen LogP contribution in [0.15, 0.2) is 18.2 Å². The molecule has 0 bridgehead atoms. The maximum absolute atomic E-state index is 11.3. The van der Waals surface area contributed by atoms with E-state index in [2.05, 4.69) is 10.6 Å². The first kappa shape index (κ1) is 15.3. The van der Waals surface area contributed by atoms with E-state index in [-0.39, 0.29) is 5.91 Å². The van der Waals surface area contributed by atoms with Crippen LogP contribution in [0.1, 0.15) is 18.9 Å². The molecular formula is C14H22N2O3. The van der Waals surface area contributed by atoms with E-state index in [9.17, 15) is 4.79 Å². The molecule has 0 fully saturated rings. The molecule has 5 nitrogen and oxygen atoms in total. The Labute approximate surface area is 114 Å². The largest absolute Gasteiger partial charge is 0.497 e. The number of rotatable bonds is 8. The second kappa shape index (κ2) is 8.37. The molecule has 19 heavy (non-hydrogen) atoms. The van der Waals surface area contributed by atoms with Crippen LogP contribution in [0.4, 0.5) is 0 Å². The van der Waals surface area contributed by atoms with Gasteiger partial charge in [0.05, 0.1) is 20.1 Å². The first-order valence-corrected chi connectivity index (χ1v) is 6.42. The molecule has 0 radical (unpaired) electrons. The number of nitrogens with one attached hydrogen (secondary N) is 2. The molecule has 0 atom stereocenters. The minimum atomic E-state index is 0.00572. The third kappa shape index (κ3) is 5.18. The minimum Gasteiger partial charge on any atom is -0.497 e. The van der Waals surface area contributed by atoms with Crippen LogP contribution >= 0.6 is 0 Å². The second-order valence-corrected chi connectivity index (χ2v) is 4.06. The molecule has 0 unspecified atom stereocenters. The lowest BCUT2D eigenvalue weighted by molar-refractivity contribution is -0.121. The van der Waals surface area contributed by atoms with Crippen molar-refractivity contribution in [1.29, 1.82) is 0 Å². The Kier molecular flexibility index (Phi) is 6.74. The van der Waals surface area contributed by atoms with Gasteiger partial charge in [0, 0.05) is 18.7 Å². The molecule has 0 aliphatic carbocycles. The van der Waals surface area contributed by atoms with Crippen molar-refractivity contribution in [2.75, 3.05) is 27.3 Å². The molecule has 0 aromatic heterocycles. The molecule has 1 rings (SSSR count). The van der Waals surface area contributed by atoms with E-state index in [1.807, 2.05) is 32.2 Å². The standard InChI is InChI=1S/C14H22N2O3/c1-4-16-14(17)7-8-19-13-6-5-12(18-3)9-11(13)10-15-2/h5-6,9,15H,4,7-8,10H2,1-3H3,(H,16,17). The van der Waals surface area contributed by atoms with Crippen LogP contribution in [0.5, 0.6) is 11.5 Å². The molecule has 0 heterocycles. The lowest BCUT2D eigenvalue weighted by atomic mass is 10.2. The molecule has 0 aliphatic rings. The van der Waals surface area contributed by atoms with Gasteiger partial charge in [0.25, 0.3) is 0 Å². The normalized spacial score (nSPS) is 10.1. The van der Waals surface area contributed by atoms with E-state index >= 15 is 0 Å². The Hall–Kier alpha value is -1.75. The first-order valence-electron chi connectivity index (χ1n) is 6.42. The summed E-state index contributed by atoms with van der Waals surface area (Å²) in [6.45, 7) is 3.60. The minimum absolute atomic E-state index is 0.00572. The van der Waals surface area contributed by atoms with Gasteiger partial charge in [-0.1, -0.05) is 0 Å². The maximum Gasteiger partial charge on any atom is 0.223 e. The van der Waals surface area contributed by atoms with Crippen molar-refractivity contribution < 1.29 is 14.3 Å². The summed E-state index contributed by atoms with van der Waals surface area (Å²) in [5.41, 5.74) is 1.01. The van der Waals surface area contributed by atoms with Gasteiger partial charge in [-0.25, -0.2) is 0 Å². The van der Waals surface area contributed by atoms with E-state index in [1.165, 1.54) is 0 Å². The summed E-state index contributed by atoms with van der Waals surface area (Å²) >= 11 is 0. The SMILES string of the molecule is CCNC(=O)CCOc1ccc(OC)cc1CNC. The lowest BCUT2D eigenvalue weighted by Crippen LogP contribution is -2.24. The average Bonchev–Trinajstić information content (AvgIpc) is 2.41. The van der Waals surface area contributed by atoms with E-state index in [0.717, 1.165) is 17.1 Å². The highest BCUT2D eigenvalue weighted by atomic mass is 16.5. The molecule has 0 spiro atoms. The van der Waals surface area contributed by atoms with Crippen molar-refractivity contribution in [3.05, 3.63) is 23.8 Å². The zero-order chi connectivity index (χ0) is 14.1. The third-order valence-corrected chi connectivity index (χ3v) is 2.60. The molecule has 1 aromatic rings. The number of ether oxygens (including phenoxy) is 2. The second-order valence-electron chi connectivity index (χ2n) is 4.06. The van der Waals surface area contributed by atoms with Gasteiger partial charge in [-0.2, -0.15) is 0 Å². The van der Waals surface area contributed by atoms with Gasteiger partial charge in [-0.3, -0.25) is 4.79 Å². The number of methoxy groups -OCH3 is 1. The smallest absolute Gasteiger partial charge is 0.223 e. The molecular weight excluding hydrogens is 244 g/mol. The van der Waals surface area contributed by atoms with Crippen molar-refractivity contribution in [3.63, 3.8) is 0 Å². The number of hydrogen-bond donors (Lipinski definition) is 2. The highest BCUT2D eigenvalue weighted by Crippen LogP contribution is 2.24. The molecule has 106 valence electrons. The third-order valence-electron chi connectivity index (χ3n) is 2.60. The summed E-state index contributed by atoms with van der Waals surface area (Å²) in [5.74, 6) is 1.58. The summed E-state index contributed by atoms with van der Waals surface area (Å²) < 4.78 is 10.8. The fourth-order valence-electron chi connectivity index (χ4n) is 1.69. The Bertz CT molecular complexity index is 408. The van der Waals surface area contributed by atoms with Crippen LogP contribution in [-0.2, 0) is 11.3 Å². The number of carbonyl (C=O) groups is 1. The number of carbonyl (C=O) groups excluding carboxylic acids is 1. The fourth-order valence-corrected chi connectivity index (χ4v) is 1.69. The Morgan fingerprint density at radius 1 is 1.37 bits per heavy atom. The number of amides is 1. The Balaban J connectivity index is 2.58. The van der Waals surface area contributed by atoms with Gasteiger partial charge in [0.1, 0.15) is 11.5 Å². The van der Waals surface area contributed by atoms with E-state index < -0.39 is 0 Å². The summed E-state index contributed by atoms with van der Waals surface area (Å²) in [4.78, 5) is 11.3. The van der Waals surface area contributed by atoms with Crippen molar-refractivity contribution in [1.82, 2.24) is 10.6 Å². The fraction of sp³-hybridized carbons (Fsp3) is 0.500. The Morgan fingerprint density at radius 3 is 2.79 bits per heavy atom. The van der Waals surface area contributed by atoms with E-state index in [4.69, 9.17) is 9.47 Å². The van der Waals surface area contributed by atoms with Gasteiger partial charge in [-0.05, 0) is 32.2 Å². The van der Waals surface area contributed by atoms with Crippen LogP contribution < -0.4 is 20.1 Å². The van der Waals surface area contributed by atoms with Crippen LogP contribution in [-0.4, -0.2) is 33.2 Å². The molecule has 0 saturated heterocycles. The van der Waals surface area contributed by atoms with Crippen LogP contribution in [0.25, 0.3) is 0 Å². The topological polar surface area (TPSA) is 59.6 Å². The summed E-state index contributed by atoms with van der Waals surface area (Å²) in [7, 11) is 3.51. The maximum atomic E-state index is 11.3. The highest BCUT2D eigenvalue weighted by Gasteiger charge is 2.06. The van der Waals surface area contributed by atoms with Crippen molar-refractivity contribution >= 4 is 5.91 Å². The van der Waals surface area contributed by atoms with E-state index in [0.29, 0.717) is 26.1 Å². The molecule has 0 aliphatic heterocycles. The summed E-state index contributed by atoms with van der Waals surface area (Å²) in [6.07, 6.45) is 0.360. The lowest BCUT2D eigenvalue weighted by Gasteiger charge is -2.12. The van der Waals surface area contributed by atoms with Gasteiger partial charge in [-0.15, -0.1) is 0 Å². The molecule has 5 heteroatoms. The predicted octanol–water partition coefficient (Wildman–Crippen LogP) is 1.32. The predicted molar refractivity (Wildman–Crippen MR) is 74.6 cm³/mol. The number of benzene rings is 1. The molecule has 1 aromatic carbocycles. The monoisotopic (exact) mass is 266 g/mol. The molecule has 0 saturated carbocycles. The van der Waals surface area contributed by atoms with Crippen LogP contribution in [0.3, 0.4) is 0 Å². The van der Waals surface area contributed by atoms with Gasteiger partial charge in [0.2, 0.25) is 5.91 Å². The summed E-state index contributed by atoms with van der Waals surface area (Å²) in [6, 6.07) is 5.64. The zero-order valence-electron chi connectivity index (χ0n) is 11.8. The quantitative estimate of drug-likeness (QED) is 0.745. The first-order chi connectivity index (χ1) is 9.21. The zero-order valence-corrected chi connectivity index (χ0v) is 11.8. The van der Waals surface area contributed by atoms with Gasteiger partial charge in [0.15, 0.2) is 0 Å². The molecule has 2 N–H and O–H groups in total. The summed E-state index contributed by atoms with van der Waals surface area (Å²) in [5, 5.41) is 5.82. The van der Waals surface area contributed by atoms with Crippen molar-refractivity contribution in [2.24, 2.45) is 0 Å². The van der Waals surface area contributed by atoms with Crippen molar-refractivity contribution in [2.45, 2.75) is 19.9 Å². The van der Waals surface area contributed by atoms with Crippen LogP contribution in [0, 0.1) is 0 Å². The van der Waals surface area contributed by atoms with Crippen molar-refractivity contribution in [3.8, 4) is 11.5 Å². The number of hydrogen-bond acceptors (Lipinski definition) is 4. The highest BCUT2D eigenvalue weighted by molar-refractivity contribution is 5.75. The average molecular weight is 266 g/mol. The Morgan fingerprint density at radius 2 is 2.16 bits per heavy atom. The van der Waals surface area contributed by atoms with E-state index in [1.54, 1.807) is 7.11 Å². The van der Waals surface area contributed by atoms with Gasteiger partial charge >= 0.3 is 0 Å². The van der Waals surface area contributed by atoms with Gasteiger partial charge < -0.3 is 20.1 Å². The van der Waals surface area contributed by atoms with Crippen LogP contribution in [0.2, 0.25) is 0 Å².